The van der Waals surface area contributed by atoms with E-state index in [4.69, 9.17) is 4.42 Å². The van der Waals surface area contributed by atoms with Gasteiger partial charge < -0.3 is 9.32 Å². The molecule has 60 heavy (non-hydrogen) atoms. The van der Waals surface area contributed by atoms with Crippen LogP contribution in [0.4, 0.5) is 17.1 Å². The van der Waals surface area contributed by atoms with Gasteiger partial charge in [0.25, 0.3) is 0 Å². The first-order valence-electron chi connectivity index (χ1n) is 20.6. The standard InChI is InChI=1S/C58H37NO/c1-2-16-42-37-57-55(36-41(42)15-1)54-27-12-26-53(58(54)60-57)52-22-7-8-28-56(52)59(45-19-9-18-43(35-45)49-23-10-17-38-13-3-5-20-46(38)49)44-32-29-40(30-33-44)48-24-11-25-50-47-21-6-4-14-39(47)31-34-51(48)50/h1-37H. The third-order valence-electron chi connectivity index (χ3n) is 12.2. The minimum Gasteiger partial charge on any atom is -0.455 e. The summed E-state index contributed by atoms with van der Waals surface area (Å²) in [5.74, 6) is 0. The van der Waals surface area contributed by atoms with Gasteiger partial charge in [-0.25, -0.2) is 0 Å². The van der Waals surface area contributed by atoms with Gasteiger partial charge in [0, 0.05) is 33.3 Å². The largest absolute Gasteiger partial charge is 0.455 e. The molecule has 12 aromatic rings. The lowest BCUT2D eigenvalue weighted by Crippen LogP contribution is -2.11. The predicted molar refractivity (Wildman–Crippen MR) is 255 cm³/mol. The second-order valence-electron chi connectivity index (χ2n) is 15.6. The highest BCUT2D eigenvalue weighted by Crippen LogP contribution is 2.46. The predicted octanol–water partition coefficient (Wildman–Crippen LogP) is 16.7. The smallest absolute Gasteiger partial charge is 0.143 e. The first-order valence-corrected chi connectivity index (χ1v) is 20.6. The molecule has 2 nitrogen and oxygen atoms in total. The molecular weight excluding hydrogens is 727 g/mol. The van der Waals surface area contributed by atoms with E-state index < -0.39 is 0 Å². The van der Waals surface area contributed by atoms with Crippen molar-refractivity contribution in [1.82, 2.24) is 0 Å². The molecule has 0 amide bonds. The average Bonchev–Trinajstić information content (AvgIpc) is 3.68. The van der Waals surface area contributed by atoms with Gasteiger partial charge in [-0.3, -0.25) is 0 Å². The number of benzene rings is 11. The maximum Gasteiger partial charge on any atom is 0.143 e. The molecule has 0 radical (unpaired) electrons. The van der Waals surface area contributed by atoms with Crippen molar-refractivity contribution in [2.75, 3.05) is 4.90 Å². The highest BCUT2D eigenvalue weighted by atomic mass is 16.3. The van der Waals surface area contributed by atoms with Crippen LogP contribution < -0.4 is 4.90 Å². The Morgan fingerprint density at radius 1 is 0.283 bits per heavy atom. The number of fused-ring (bicyclic) bond motifs is 8. The molecular formula is C58H37NO. The van der Waals surface area contributed by atoms with Crippen molar-refractivity contribution in [3.05, 3.63) is 224 Å². The second kappa shape index (κ2) is 13.9. The van der Waals surface area contributed by atoms with Gasteiger partial charge in [0.15, 0.2) is 0 Å². The van der Waals surface area contributed by atoms with Crippen molar-refractivity contribution in [3.63, 3.8) is 0 Å². The quantitative estimate of drug-likeness (QED) is 0.157. The van der Waals surface area contributed by atoms with Crippen molar-refractivity contribution in [1.29, 1.82) is 0 Å². The molecule has 0 atom stereocenters. The number of hydrogen-bond donors (Lipinski definition) is 0. The Bertz CT molecular complexity index is 3610. The van der Waals surface area contributed by atoms with Crippen molar-refractivity contribution in [2.45, 2.75) is 0 Å². The molecule has 11 aromatic carbocycles. The number of anilines is 3. The van der Waals surface area contributed by atoms with E-state index in [0.717, 1.165) is 55.7 Å². The second-order valence-corrected chi connectivity index (χ2v) is 15.6. The lowest BCUT2D eigenvalue weighted by Gasteiger charge is -2.28. The molecule has 0 N–H and O–H groups in total. The Hall–Kier alpha value is -7.94. The molecule has 0 aliphatic rings. The summed E-state index contributed by atoms with van der Waals surface area (Å²) in [5, 5.41) is 12.1. The maximum atomic E-state index is 6.82. The molecule has 0 fully saturated rings. The van der Waals surface area contributed by atoms with Crippen LogP contribution >= 0.6 is 0 Å². The van der Waals surface area contributed by atoms with Crippen LogP contribution in [0.15, 0.2) is 229 Å². The summed E-state index contributed by atoms with van der Waals surface area (Å²) in [6, 6.07) is 81.3. The number of furan rings is 1. The van der Waals surface area contributed by atoms with Gasteiger partial charge in [-0.1, -0.05) is 182 Å². The van der Waals surface area contributed by atoms with Gasteiger partial charge in [0.2, 0.25) is 0 Å². The van der Waals surface area contributed by atoms with E-state index in [9.17, 15) is 0 Å². The SMILES string of the molecule is c1cc(-c2cccc3ccccc23)cc(N(c2ccc(-c3cccc4c3ccc3ccccc34)cc2)c2ccccc2-c2cccc3c2oc2cc4ccccc4cc23)c1. The van der Waals surface area contributed by atoms with E-state index in [0.29, 0.717) is 0 Å². The van der Waals surface area contributed by atoms with Crippen molar-refractivity contribution in [3.8, 4) is 33.4 Å². The summed E-state index contributed by atoms with van der Waals surface area (Å²) >= 11 is 0. The van der Waals surface area contributed by atoms with Gasteiger partial charge in [-0.15, -0.1) is 0 Å². The fourth-order valence-electron chi connectivity index (χ4n) is 9.39. The van der Waals surface area contributed by atoms with Crippen LogP contribution in [0, 0.1) is 0 Å². The molecule has 0 spiro atoms. The fourth-order valence-corrected chi connectivity index (χ4v) is 9.39. The summed E-state index contributed by atoms with van der Waals surface area (Å²) in [7, 11) is 0. The zero-order chi connectivity index (χ0) is 39.6. The lowest BCUT2D eigenvalue weighted by atomic mass is 9.94. The Labute approximate surface area is 347 Å². The molecule has 12 rings (SSSR count). The molecule has 0 unspecified atom stereocenters. The Morgan fingerprint density at radius 3 is 1.70 bits per heavy atom. The summed E-state index contributed by atoms with van der Waals surface area (Å²) in [6.07, 6.45) is 0. The number of nitrogens with zero attached hydrogens (tertiary/aromatic N) is 1. The van der Waals surface area contributed by atoms with E-state index in [-0.39, 0.29) is 0 Å². The van der Waals surface area contributed by atoms with E-state index in [1.807, 2.05) is 0 Å². The normalized spacial score (nSPS) is 11.7. The van der Waals surface area contributed by atoms with Gasteiger partial charge in [0.05, 0.1) is 5.69 Å². The third kappa shape index (κ3) is 5.57. The summed E-state index contributed by atoms with van der Waals surface area (Å²) < 4.78 is 6.82. The first kappa shape index (κ1) is 34.1. The molecule has 2 heteroatoms. The summed E-state index contributed by atoms with van der Waals surface area (Å²) in [6.45, 7) is 0. The van der Waals surface area contributed by atoms with E-state index in [1.165, 1.54) is 59.8 Å². The number of rotatable bonds is 6. The van der Waals surface area contributed by atoms with Crippen molar-refractivity contribution >= 4 is 82.1 Å². The molecule has 0 saturated carbocycles. The van der Waals surface area contributed by atoms with Gasteiger partial charge in [-0.2, -0.15) is 0 Å². The number of para-hydroxylation sites is 2. The first-order chi connectivity index (χ1) is 29.7. The molecule has 0 aliphatic heterocycles. The van der Waals surface area contributed by atoms with Crippen LogP contribution in [0.2, 0.25) is 0 Å². The molecule has 0 aliphatic carbocycles. The number of hydrogen-bond acceptors (Lipinski definition) is 2. The Kier molecular flexibility index (Phi) is 7.89. The van der Waals surface area contributed by atoms with Crippen molar-refractivity contribution < 1.29 is 4.42 Å². The topological polar surface area (TPSA) is 16.4 Å². The Morgan fingerprint density at radius 2 is 0.867 bits per heavy atom. The summed E-state index contributed by atoms with van der Waals surface area (Å²) in [4.78, 5) is 2.40. The molecule has 280 valence electrons. The van der Waals surface area contributed by atoms with Crippen LogP contribution in [0.1, 0.15) is 0 Å². The molecule has 0 saturated heterocycles. The van der Waals surface area contributed by atoms with Crippen molar-refractivity contribution in [2.24, 2.45) is 0 Å². The van der Waals surface area contributed by atoms with Gasteiger partial charge >= 0.3 is 0 Å². The highest BCUT2D eigenvalue weighted by Gasteiger charge is 2.21. The molecule has 1 aromatic heterocycles. The zero-order valence-electron chi connectivity index (χ0n) is 32.7. The minimum atomic E-state index is 0.888. The van der Waals surface area contributed by atoms with Crippen LogP contribution in [0.25, 0.3) is 98.4 Å². The lowest BCUT2D eigenvalue weighted by molar-refractivity contribution is 0.670. The summed E-state index contributed by atoms with van der Waals surface area (Å²) in [5.41, 5.74) is 11.9. The monoisotopic (exact) mass is 763 g/mol. The van der Waals surface area contributed by atoms with Gasteiger partial charge in [-0.05, 0) is 108 Å². The van der Waals surface area contributed by atoms with Gasteiger partial charge in [0.1, 0.15) is 11.2 Å². The third-order valence-corrected chi connectivity index (χ3v) is 12.2. The van der Waals surface area contributed by atoms with Crippen LogP contribution in [-0.4, -0.2) is 0 Å². The fraction of sp³-hybridized carbons (Fsp3) is 0. The zero-order valence-corrected chi connectivity index (χ0v) is 32.7. The van der Waals surface area contributed by atoms with E-state index in [1.54, 1.807) is 0 Å². The van der Waals surface area contributed by atoms with E-state index in [2.05, 4.69) is 229 Å². The van der Waals surface area contributed by atoms with Crippen LogP contribution in [0.5, 0.6) is 0 Å². The average molecular weight is 764 g/mol. The maximum absolute atomic E-state index is 6.82. The van der Waals surface area contributed by atoms with Crippen LogP contribution in [-0.2, 0) is 0 Å². The minimum absolute atomic E-state index is 0.888. The van der Waals surface area contributed by atoms with E-state index >= 15 is 0 Å². The Balaban J connectivity index is 1.05. The molecule has 0 bridgehead atoms. The highest BCUT2D eigenvalue weighted by molar-refractivity contribution is 6.15. The van der Waals surface area contributed by atoms with Crippen LogP contribution in [0.3, 0.4) is 0 Å². The molecule has 1 heterocycles.